The molecule has 0 spiro atoms. The molecule has 1 fully saturated rings. The second-order valence-corrected chi connectivity index (χ2v) is 13.7. The van der Waals surface area contributed by atoms with Gasteiger partial charge in [0.15, 0.2) is 8.32 Å². The zero-order chi connectivity index (χ0) is 26.4. The normalized spacial score (nSPS) is 20.6. The second kappa shape index (κ2) is 12.1. The van der Waals surface area contributed by atoms with Crippen LogP contribution in [0.25, 0.3) is 0 Å². The van der Waals surface area contributed by atoms with Crippen LogP contribution in [0.2, 0.25) is 18.1 Å². The quantitative estimate of drug-likeness (QED) is 0.398. The summed E-state index contributed by atoms with van der Waals surface area (Å²) in [5.41, 5.74) is 0.520. The molecule has 0 radical (unpaired) electrons. The number of methoxy groups -OCH3 is 2. The first kappa shape index (κ1) is 29.0. The Balaban J connectivity index is 2.47. The fourth-order valence-corrected chi connectivity index (χ4v) is 7.46. The van der Waals surface area contributed by atoms with E-state index in [9.17, 15) is 22.8 Å². The van der Waals surface area contributed by atoms with E-state index in [1.807, 2.05) is 0 Å². The number of rotatable bonds is 10. The van der Waals surface area contributed by atoms with Crippen molar-refractivity contribution >= 4 is 20.3 Å². The SMILES string of the molecule is CC[Si](CC)(CC)OC[C@H]1[C@@H](N(Cc2ccc(OC)cc2)C(=O)C(F)(F)F)C[C@@H](C)N1C(=O)OC. The molecule has 0 saturated carbocycles. The minimum absolute atomic E-state index is 0.0517. The van der Waals surface area contributed by atoms with Gasteiger partial charge in [0, 0.05) is 12.6 Å². The number of ether oxygens (including phenoxy) is 2. The van der Waals surface area contributed by atoms with Crippen molar-refractivity contribution in [2.24, 2.45) is 0 Å². The average molecular weight is 519 g/mol. The topological polar surface area (TPSA) is 68.3 Å². The zero-order valence-corrected chi connectivity index (χ0v) is 22.4. The van der Waals surface area contributed by atoms with Gasteiger partial charge in [-0.1, -0.05) is 32.9 Å². The number of hydrogen-bond donors (Lipinski definition) is 0. The van der Waals surface area contributed by atoms with Crippen molar-refractivity contribution < 1.29 is 36.7 Å². The Labute approximate surface area is 206 Å². The summed E-state index contributed by atoms with van der Waals surface area (Å²) in [6.45, 7) is 7.69. The van der Waals surface area contributed by atoms with E-state index in [-0.39, 0.29) is 19.6 Å². The molecule has 35 heavy (non-hydrogen) atoms. The summed E-state index contributed by atoms with van der Waals surface area (Å²) in [7, 11) is 0.616. The lowest BCUT2D eigenvalue weighted by Crippen LogP contribution is -2.55. The van der Waals surface area contributed by atoms with Crippen LogP contribution in [-0.4, -0.2) is 75.2 Å². The van der Waals surface area contributed by atoms with Gasteiger partial charge in [-0.3, -0.25) is 9.69 Å². The molecule has 1 aromatic rings. The lowest BCUT2D eigenvalue weighted by molar-refractivity contribution is -0.189. The molecule has 1 aliphatic rings. The van der Waals surface area contributed by atoms with Crippen LogP contribution >= 0.6 is 0 Å². The van der Waals surface area contributed by atoms with Gasteiger partial charge in [0.05, 0.1) is 32.9 Å². The molecule has 0 bridgehead atoms. The molecule has 1 aromatic carbocycles. The van der Waals surface area contributed by atoms with Gasteiger partial charge in [-0.25, -0.2) is 4.79 Å². The van der Waals surface area contributed by atoms with Gasteiger partial charge in [-0.05, 0) is 49.2 Å². The van der Waals surface area contributed by atoms with Crippen LogP contribution in [-0.2, 0) is 20.5 Å². The summed E-state index contributed by atoms with van der Waals surface area (Å²) in [6.07, 6.45) is -5.52. The van der Waals surface area contributed by atoms with Gasteiger partial charge in [0.1, 0.15) is 5.75 Å². The van der Waals surface area contributed by atoms with Crippen LogP contribution < -0.4 is 4.74 Å². The highest BCUT2D eigenvalue weighted by Crippen LogP contribution is 2.35. The Morgan fingerprint density at radius 3 is 2.11 bits per heavy atom. The highest BCUT2D eigenvalue weighted by Gasteiger charge is 2.52. The first-order valence-corrected chi connectivity index (χ1v) is 14.5. The maximum absolute atomic E-state index is 13.7. The van der Waals surface area contributed by atoms with Gasteiger partial charge >= 0.3 is 18.2 Å². The van der Waals surface area contributed by atoms with Crippen LogP contribution in [0.5, 0.6) is 5.75 Å². The maximum Gasteiger partial charge on any atom is 0.471 e. The molecule has 1 aliphatic heterocycles. The van der Waals surface area contributed by atoms with Crippen molar-refractivity contribution in [3.8, 4) is 5.75 Å². The predicted octanol–water partition coefficient (Wildman–Crippen LogP) is 5.21. The number of amides is 2. The molecule has 0 N–H and O–H groups in total. The van der Waals surface area contributed by atoms with Crippen LogP contribution in [0, 0.1) is 0 Å². The summed E-state index contributed by atoms with van der Waals surface area (Å²) in [5.74, 6) is -1.38. The molecule has 3 atom stereocenters. The van der Waals surface area contributed by atoms with E-state index < -0.39 is 44.6 Å². The third kappa shape index (κ3) is 6.69. The molecule has 1 heterocycles. The van der Waals surface area contributed by atoms with Gasteiger partial charge in [0.25, 0.3) is 0 Å². The maximum atomic E-state index is 13.7. The number of halogens is 3. The lowest BCUT2D eigenvalue weighted by atomic mass is 10.0. The summed E-state index contributed by atoms with van der Waals surface area (Å²) in [6, 6.07) is 6.98. The third-order valence-corrected chi connectivity index (χ3v) is 11.8. The summed E-state index contributed by atoms with van der Waals surface area (Å²) in [4.78, 5) is 27.6. The first-order chi connectivity index (χ1) is 16.5. The molecule has 0 aromatic heterocycles. The molecule has 198 valence electrons. The van der Waals surface area contributed by atoms with Crippen LogP contribution in [0.1, 0.15) is 39.7 Å². The van der Waals surface area contributed by atoms with E-state index in [0.29, 0.717) is 11.3 Å². The number of carbonyl (C=O) groups excluding carboxylic acids is 2. The van der Waals surface area contributed by atoms with E-state index in [0.717, 1.165) is 23.0 Å². The molecule has 0 unspecified atom stereocenters. The Hall–Kier alpha value is -2.27. The second-order valence-electron chi connectivity index (χ2n) is 8.93. The van der Waals surface area contributed by atoms with Gasteiger partial charge < -0.3 is 18.8 Å². The van der Waals surface area contributed by atoms with Crippen LogP contribution in [0.3, 0.4) is 0 Å². The largest absolute Gasteiger partial charge is 0.497 e. The van der Waals surface area contributed by atoms with E-state index in [1.54, 1.807) is 31.2 Å². The molecule has 1 saturated heterocycles. The molecule has 0 aliphatic carbocycles. The number of likely N-dealkylation sites (tertiary alicyclic amines) is 1. The van der Waals surface area contributed by atoms with E-state index in [4.69, 9.17) is 13.9 Å². The minimum atomic E-state index is -5.06. The molecular weight excluding hydrogens is 481 g/mol. The number of alkyl halides is 3. The fourth-order valence-electron chi connectivity index (χ4n) is 4.83. The predicted molar refractivity (Wildman–Crippen MR) is 129 cm³/mol. The summed E-state index contributed by atoms with van der Waals surface area (Å²) in [5, 5.41) is 0. The number of hydrogen-bond acceptors (Lipinski definition) is 5. The van der Waals surface area contributed by atoms with Crippen LogP contribution in [0.15, 0.2) is 24.3 Å². The average Bonchev–Trinajstić information content (AvgIpc) is 3.18. The Bertz CT molecular complexity index is 840. The van der Waals surface area contributed by atoms with Crippen molar-refractivity contribution in [2.45, 2.75) is 83.1 Å². The van der Waals surface area contributed by atoms with Crippen molar-refractivity contribution in [3.05, 3.63) is 29.8 Å². The third-order valence-electron chi connectivity index (χ3n) is 7.15. The first-order valence-electron chi connectivity index (χ1n) is 12.0. The number of nitrogens with zero attached hydrogens (tertiary/aromatic N) is 2. The standard InChI is InChI=1S/C24H37F3N2O5Si/c1-7-35(8-2,9-3)34-16-21-20(14-17(4)29(21)23(31)33-6)28(22(30)24(25,26)27)15-18-10-12-19(32-5)13-11-18/h10-13,17,20-21H,7-9,14-16H2,1-6H3/t17-,20+,21+/m1/s1. The smallest absolute Gasteiger partial charge is 0.471 e. The minimum Gasteiger partial charge on any atom is -0.497 e. The Morgan fingerprint density at radius 1 is 1.09 bits per heavy atom. The lowest BCUT2D eigenvalue weighted by Gasteiger charge is -2.38. The highest BCUT2D eigenvalue weighted by molar-refractivity contribution is 6.73. The van der Waals surface area contributed by atoms with Gasteiger partial charge in [-0.2, -0.15) is 13.2 Å². The summed E-state index contributed by atoms with van der Waals surface area (Å²) < 4.78 is 57.6. The molecular formula is C24H37F3N2O5Si. The van der Waals surface area contributed by atoms with E-state index >= 15 is 0 Å². The van der Waals surface area contributed by atoms with Crippen molar-refractivity contribution in [1.29, 1.82) is 0 Å². The van der Waals surface area contributed by atoms with Crippen LogP contribution in [0.4, 0.5) is 18.0 Å². The number of benzene rings is 1. The van der Waals surface area contributed by atoms with E-state index in [2.05, 4.69) is 20.8 Å². The molecule has 2 rings (SSSR count). The zero-order valence-electron chi connectivity index (χ0n) is 21.4. The Morgan fingerprint density at radius 2 is 1.66 bits per heavy atom. The van der Waals surface area contributed by atoms with Gasteiger partial charge in [0.2, 0.25) is 0 Å². The Kier molecular flexibility index (Phi) is 10.0. The monoisotopic (exact) mass is 518 g/mol. The summed E-state index contributed by atoms with van der Waals surface area (Å²) >= 11 is 0. The van der Waals surface area contributed by atoms with E-state index in [1.165, 1.54) is 19.1 Å². The molecule has 11 heteroatoms. The fraction of sp³-hybridized carbons (Fsp3) is 0.667. The van der Waals surface area contributed by atoms with Crippen molar-refractivity contribution in [2.75, 3.05) is 20.8 Å². The number of carbonyl (C=O) groups is 2. The van der Waals surface area contributed by atoms with Crippen molar-refractivity contribution in [3.63, 3.8) is 0 Å². The highest BCUT2D eigenvalue weighted by atomic mass is 28.4. The van der Waals surface area contributed by atoms with Crippen molar-refractivity contribution in [1.82, 2.24) is 9.80 Å². The molecule has 7 nitrogen and oxygen atoms in total. The van der Waals surface area contributed by atoms with Gasteiger partial charge in [-0.15, -0.1) is 0 Å². The molecule has 2 amide bonds.